The molecular weight excluding hydrogens is 314 g/mol. The third-order valence-electron chi connectivity index (χ3n) is 3.73. The summed E-state index contributed by atoms with van der Waals surface area (Å²) in [5, 5.41) is 2.77. The number of carbonyl (C=O) groups excluding carboxylic acids is 1. The van der Waals surface area contributed by atoms with E-state index < -0.39 is 18.6 Å². The van der Waals surface area contributed by atoms with Crippen molar-refractivity contribution in [2.24, 2.45) is 11.7 Å². The molecule has 0 spiro atoms. The molecule has 0 saturated carbocycles. The Labute approximate surface area is 139 Å². The molecule has 24 heavy (non-hydrogen) atoms. The van der Waals surface area contributed by atoms with Gasteiger partial charge in [0, 0.05) is 12.6 Å². The number of nitrogens with one attached hydrogen (secondary N) is 1. The van der Waals surface area contributed by atoms with Crippen LogP contribution >= 0.6 is 0 Å². The lowest BCUT2D eigenvalue weighted by Crippen LogP contribution is -2.35. The zero-order chi connectivity index (χ0) is 17.5. The SMILES string of the molecule is CC(C(=O)NCc1cccc(OC(F)F)c1)C(N)c1ccccc1. The van der Waals surface area contributed by atoms with Crippen molar-refractivity contribution < 1.29 is 18.3 Å². The molecule has 0 aliphatic rings. The molecule has 0 aliphatic heterocycles. The van der Waals surface area contributed by atoms with Crippen molar-refractivity contribution in [3.05, 3.63) is 65.7 Å². The fourth-order valence-corrected chi connectivity index (χ4v) is 2.31. The van der Waals surface area contributed by atoms with Gasteiger partial charge in [-0.2, -0.15) is 8.78 Å². The van der Waals surface area contributed by atoms with Gasteiger partial charge in [0.2, 0.25) is 5.91 Å². The van der Waals surface area contributed by atoms with Crippen molar-refractivity contribution in [1.82, 2.24) is 5.32 Å². The first-order chi connectivity index (χ1) is 11.5. The zero-order valence-electron chi connectivity index (χ0n) is 13.3. The van der Waals surface area contributed by atoms with Crippen LogP contribution in [0.5, 0.6) is 5.75 Å². The van der Waals surface area contributed by atoms with Crippen molar-refractivity contribution in [2.45, 2.75) is 26.1 Å². The molecule has 0 aliphatic carbocycles. The van der Waals surface area contributed by atoms with Crippen LogP contribution in [-0.4, -0.2) is 12.5 Å². The molecule has 2 rings (SSSR count). The maximum Gasteiger partial charge on any atom is 0.387 e. The fourth-order valence-electron chi connectivity index (χ4n) is 2.31. The van der Waals surface area contributed by atoms with Crippen LogP contribution in [0, 0.1) is 5.92 Å². The van der Waals surface area contributed by atoms with E-state index in [0.717, 1.165) is 5.56 Å². The summed E-state index contributed by atoms with van der Waals surface area (Å²) in [6.07, 6.45) is 0. The quantitative estimate of drug-likeness (QED) is 0.817. The van der Waals surface area contributed by atoms with E-state index in [9.17, 15) is 13.6 Å². The second-order valence-corrected chi connectivity index (χ2v) is 5.47. The number of benzene rings is 2. The van der Waals surface area contributed by atoms with Crippen LogP contribution in [0.25, 0.3) is 0 Å². The molecule has 2 aromatic carbocycles. The Morgan fingerprint density at radius 3 is 2.54 bits per heavy atom. The van der Waals surface area contributed by atoms with E-state index in [-0.39, 0.29) is 18.2 Å². The first-order valence-electron chi connectivity index (χ1n) is 7.59. The summed E-state index contributed by atoms with van der Waals surface area (Å²) in [5.41, 5.74) is 7.67. The van der Waals surface area contributed by atoms with E-state index in [1.807, 2.05) is 30.3 Å². The summed E-state index contributed by atoms with van der Waals surface area (Å²) in [6.45, 7) is -0.909. The topological polar surface area (TPSA) is 64.3 Å². The molecule has 0 aromatic heterocycles. The maximum atomic E-state index is 12.3. The third-order valence-corrected chi connectivity index (χ3v) is 3.73. The van der Waals surface area contributed by atoms with E-state index in [0.29, 0.717) is 5.56 Å². The Bertz CT molecular complexity index is 665. The Hall–Kier alpha value is -2.47. The molecule has 0 bridgehead atoms. The van der Waals surface area contributed by atoms with E-state index in [1.54, 1.807) is 19.1 Å². The van der Waals surface area contributed by atoms with Gasteiger partial charge in [-0.25, -0.2) is 0 Å². The number of ether oxygens (including phenoxy) is 1. The Balaban J connectivity index is 1.93. The van der Waals surface area contributed by atoms with Gasteiger partial charge in [0.05, 0.1) is 5.92 Å². The van der Waals surface area contributed by atoms with Crippen LogP contribution in [0.3, 0.4) is 0 Å². The lowest BCUT2D eigenvalue weighted by atomic mass is 9.94. The number of carbonyl (C=O) groups is 1. The molecule has 2 atom stereocenters. The van der Waals surface area contributed by atoms with Gasteiger partial charge in [-0.15, -0.1) is 0 Å². The largest absolute Gasteiger partial charge is 0.435 e. The van der Waals surface area contributed by atoms with Crippen LogP contribution in [0.2, 0.25) is 0 Å². The number of hydrogen-bond donors (Lipinski definition) is 2. The highest BCUT2D eigenvalue weighted by Gasteiger charge is 2.21. The first kappa shape index (κ1) is 17.9. The second-order valence-electron chi connectivity index (χ2n) is 5.47. The van der Waals surface area contributed by atoms with Crippen LogP contribution in [0.15, 0.2) is 54.6 Å². The number of rotatable bonds is 7. The minimum Gasteiger partial charge on any atom is -0.435 e. The second kappa shape index (κ2) is 8.40. The van der Waals surface area contributed by atoms with Gasteiger partial charge in [0.25, 0.3) is 0 Å². The predicted molar refractivity (Wildman–Crippen MR) is 87.5 cm³/mol. The van der Waals surface area contributed by atoms with Crippen LogP contribution in [0.4, 0.5) is 8.78 Å². The predicted octanol–water partition coefficient (Wildman–Crippen LogP) is 3.24. The molecule has 1 amide bonds. The summed E-state index contributed by atoms with van der Waals surface area (Å²) in [4.78, 5) is 12.3. The zero-order valence-corrected chi connectivity index (χ0v) is 13.3. The number of amides is 1. The average molecular weight is 334 g/mol. The Kier molecular flexibility index (Phi) is 6.26. The van der Waals surface area contributed by atoms with Crippen molar-refractivity contribution in [2.75, 3.05) is 0 Å². The molecule has 0 heterocycles. The lowest BCUT2D eigenvalue weighted by molar-refractivity contribution is -0.125. The van der Waals surface area contributed by atoms with Gasteiger partial charge in [0.15, 0.2) is 0 Å². The molecule has 2 unspecified atom stereocenters. The molecule has 4 nitrogen and oxygen atoms in total. The standard InChI is InChI=1S/C18H20F2N2O2/c1-12(16(21)14-7-3-2-4-8-14)17(23)22-11-13-6-5-9-15(10-13)24-18(19)20/h2-10,12,16,18H,11,21H2,1H3,(H,22,23). The monoisotopic (exact) mass is 334 g/mol. The third kappa shape index (κ3) is 5.03. The molecule has 2 aromatic rings. The first-order valence-corrected chi connectivity index (χ1v) is 7.59. The van der Waals surface area contributed by atoms with E-state index in [2.05, 4.69) is 10.1 Å². The summed E-state index contributed by atoms with van der Waals surface area (Å²) in [7, 11) is 0. The Morgan fingerprint density at radius 2 is 1.88 bits per heavy atom. The van der Waals surface area contributed by atoms with Gasteiger partial charge < -0.3 is 15.8 Å². The maximum absolute atomic E-state index is 12.3. The van der Waals surface area contributed by atoms with Crippen molar-refractivity contribution in [1.29, 1.82) is 0 Å². The van der Waals surface area contributed by atoms with E-state index in [4.69, 9.17) is 5.73 Å². The minimum absolute atomic E-state index is 0.0609. The molecule has 128 valence electrons. The molecule has 0 saturated heterocycles. The molecule has 0 fully saturated rings. The number of nitrogens with two attached hydrogens (primary N) is 1. The smallest absolute Gasteiger partial charge is 0.387 e. The van der Waals surface area contributed by atoms with Gasteiger partial charge in [0.1, 0.15) is 5.75 Å². The normalized spacial score (nSPS) is 13.4. The highest BCUT2D eigenvalue weighted by Crippen LogP contribution is 2.20. The fraction of sp³-hybridized carbons (Fsp3) is 0.278. The van der Waals surface area contributed by atoms with E-state index >= 15 is 0 Å². The van der Waals surface area contributed by atoms with Crippen molar-refractivity contribution in [3.8, 4) is 5.75 Å². The van der Waals surface area contributed by atoms with Crippen LogP contribution < -0.4 is 15.8 Å². The number of halogens is 2. The summed E-state index contributed by atoms with van der Waals surface area (Å²) in [6, 6.07) is 15.2. The van der Waals surface area contributed by atoms with Crippen molar-refractivity contribution in [3.63, 3.8) is 0 Å². The highest BCUT2D eigenvalue weighted by atomic mass is 19.3. The number of alkyl halides is 2. The van der Waals surface area contributed by atoms with Crippen molar-refractivity contribution >= 4 is 5.91 Å². The van der Waals surface area contributed by atoms with Gasteiger partial charge in [-0.05, 0) is 23.3 Å². The van der Waals surface area contributed by atoms with Crippen LogP contribution in [-0.2, 0) is 11.3 Å². The highest BCUT2D eigenvalue weighted by molar-refractivity contribution is 5.79. The number of hydrogen-bond acceptors (Lipinski definition) is 3. The molecule has 0 radical (unpaired) electrons. The van der Waals surface area contributed by atoms with Gasteiger partial charge in [-0.1, -0.05) is 49.4 Å². The Morgan fingerprint density at radius 1 is 1.17 bits per heavy atom. The van der Waals surface area contributed by atoms with Gasteiger partial charge in [-0.3, -0.25) is 4.79 Å². The van der Waals surface area contributed by atoms with Crippen LogP contribution in [0.1, 0.15) is 24.1 Å². The van der Waals surface area contributed by atoms with Gasteiger partial charge >= 0.3 is 6.61 Å². The summed E-state index contributed by atoms with van der Waals surface area (Å²) in [5.74, 6) is -0.565. The summed E-state index contributed by atoms with van der Waals surface area (Å²) >= 11 is 0. The molecule has 6 heteroatoms. The molecule has 3 N–H and O–H groups in total. The minimum atomic E-state index is -2.88. The summed E-state index contributed by atoms with van der Waals surface area (Å²) < 4.78 is 28.8. The average Bonchev–Trinajstić information content (AvgIpc) is 2.59. The van der Waals surface area contributed by atoms with E-state index in [1.165, 1.54) is 12.1 Å². The lowest BCUT2D eigenvalue weighted by Gasteiger charge is -2.20. The molecular formula is C18H20F2N2O2.